The number of aromatic amines is 1. The van der Waals surface area contributed by atoms with Crippen LogP contribution in [0.15, 0.2) is 24.5 Å². The molecule has 0 aromatic carbocycles. The summed E-state index contributed by atoms with van der Waals surface area (Å²) < 4.78 is 45.3. The Hall–Kier alpha value is -3.90. The number of nitrogens with zero attached hydrogens (tertiary/aromatic N) is 5. The molecule has 3 aromatic heterocycles. The third-order valence-corrected chi connectivity index (χ3v) is 5.06. The predicted molar refractivity (Wildman–Crippen MR) is 113 cm³/mol. The number of carbonyl (C=O) groups excluding carboxylic acids is 1. The van der Waals surface area contributed by atoms with Crippen molar-refractivity contribution in [2.24, 2.45) is 0 Å². The van der Waals surface area contributed by atoms with E-state index >= 15 is 0 Å². The number of hydrogen-bond acceptors (Lipinski definition) is 8. The summed E-state index contributed by atoms with van der Waals surface area (Å²) in [6.45, 7) is 5.11. The standard InChI is InChI=1S/C20H21F3N8O2/c1-10(2)31-5-4-11-6-14(25-9-15(11)31)17-28-18(30-29-17)27-16-13(20(21,22)23)7-12(8-26-16)33-19(32)24-3/h6-10H,4-5H2,1-3H3,(H,24,32)(H2,26,27,28,29,30). The van der Waals surface area contributed by atoms with Crippen LogP contribution in [0.5, 0.6) is 5.75 Å². The zero-order valence-electron chi connectivity index (χ0n) is 18.0. The van der Waals surface area contributed by atoms with Gasteiger partial charge in [0.05, 0.1) is 18.1 Å². The summed E-state index contributed by atoms with van der Waals surface area (Å²) in [4.78, 5) is 25.9. The Kier molecular flexibility index (Phi) is 5.78. The van der Waals surface area contributed by atoms with E-state index in [-0.39, 0.29) is 11.7 Å². The molecule has 0 aliphatic carbocycles. The Bertz CT molecular complexity index is 1180. The van der Waals surface area contributed by atoms with E-state index < -0.39 is 23.7 Å². The van der Waals surface area contributed by atoms with Crippen LogP contribution in [-0.2, 0) is 12.6 Å². The molecule has 3 aromatic rings. The Balaban J connectivity index is 1.57. The Morgan fingerprint density at radius 1 is 1.24 bits per heavy atom. The summed E-state index contributed by atoms with van der Waals surface area (Å²) in [7, 11) is 1.29. The molecule has 0 atom stereocenters. The van der Waals surface area contributed by atoms with E-state index in [1.165, 1.54) is 7.05 Å². The molecule has 4 heterocycles. The van der Waals surface area contributed by atoms with Gasteiger partial charge in [-0.3, -0.25) is 10.1 Å². The lowest BCUT2D eigenvalue weighted by Crippen LogP contribution is -2.28. The van der Waals surface area contributed by atoms with Crippen molar-refractivity contribution in [3.8, 4) is 17.3 Å². The molecule has 3 N–H and O–H groups in total. The van der Waals surface area contributed by atoms with Crippen molar-refractivity contribution in [1.82, 2.24) is 30.5 Å². The minimum absolute atomic E-state index is 0.117. The average molecular weight is 462 g/mol. The normalized spacial score (nSPS) is 13.2. The Labute approximate surface area is 186 Å². The molecule has 1 amide bonds. The molecule has 0 radical (unpaired) electrons. The summed E-state index contributed by atoms with van der Waals surface area (Å²) in [6.07, 6.45) is -2.06. The molecule has 0 saturated carbocycles. The molecule has 33 heavy (non-hydrogen) atoms. The topological polar surface area (TPSA) is 121 Å². The first-order valence-electron chi connectivity index (χ1n) is 10.1. The fraction of sp³-hybridized carbons (Fsp3) is 0.350. The number of amides is 1. The van der Waals surface area contributed by atoms with Gasteiger partial charge in [0.15, 0.2) is 11.6 Å². The van der Waals surface area contributed by atoms with Crippen LogP contribution in [0, 0.1) is 0 Å². The number of aromatic nitrogens is 5. The molecule has 13 heteroatoms. The van der Waals surface area contributed by atoms with Crippen LogP contribution in [0.3, 0.4) is 0 Å². The first-order valence-corrected chi connectivity index (χ1v) is 10.1. The van der Waals surface area contributed by atoms with Crippen LogP contribution in [0.2, 0.25) is 0 Å². The summed E-state index contributed by atoms with van der Waals surface area (Å²) in [5.41, 5.74) is 1.56. The van der Waals surface area contributed by atoms with Crippen molar-refractivity contribution in [1.29, 1.82) is 0 Å². The highest BCUT2D eigenvalue weighted by atomic mass is 19.4. The Morgan fingerprint density at radius 2 is 2.03 bits per heavy atom. The molecule has 0 fully saturated rings. The van der Waals surface area contributed by atoms with Crippen molar-refractivity contribution in [3.05, 3.63) is 35.7 Å². The van der Waals surface area contributed by atoms with Gasteiger partial charge in [-0.25, -0.2) is 9.78 Å². The van der Waals surface area contributed by atoms with Crippen LogP contribution in [-0.4, -0.2) is 50.9 Å². The van der Waals surface area contributed by atoms with Gasteiger partial charge in [0, 0.05) is 19.6 Å². The second-order valence-corrected chi connectivity index (χ2v) is 7.57. The van der Waals surface area contributed by atoms with E-state index in [9.17, 15) is 18.0 Å². The maximum atomic E-state index is 13.5. The summed E-state index contributed by atoms with van der Waals surface area (Å²) in [5.74, 6) is -0.710. The lowest BCUT2D eigenvalue weighted by atomic mass is 10.2. The monoisotopic (exact) mass is 462 g/mol. The highest BCUT2D eigenvalue weighted by Gasteiger charge is 2.35. The molecular weight excluding hydrogens is 441 g/mol. The highest BCUT2D eigenvalue weighted by Crippen LogP contribution is 2.37. The molecule has 0 bridgehead atoms. The third kappa shape index (κ3) is 4.66. The number of nitrogens with one attached hydrogen (secondary N) is 3. The van der Waals surface area contributed by atoms with Gasteiger partial charge in [0.25, 0.3) is 0 Å². The SMILES string of the molecule is CNC(=O)Oc1cnc(Nc2n[nH]c(-c3cc4c(cn3)N(C(C)C)CC4)n2)c(C(F)(F)F)c1. The number of H-pyrrole nitrogens is 1. The number of carbonyl (C=O) groups is 1. The van der Waals surface area contributed by atoms with E-state index in [0.717, 1.165) is 30.4 Å². The average Bonchev–Trinajstić information content (AvgIpc) is 3.40. The van der Waals surface area contributed by atoms with Crippen LogP contribution in [0.4, 0.5) is 35.4 Å². The van der Waals surface area contributed by atoms with Crippen LogP contribution in [0.25, 0.3) is 11.5 Å². The van der Waals surface area contributed by atoms with Gasteiger partial charge in [-0.05, 0) is 38.0 Å². The van der Waals surface area contributed by atoms with Crippen molar-refractivity contribution < 1.29 is 22.7 Å². The van der Waals surface area contributed by atoms with Crippen molar-refractivity contribution in [2.75, 3.05) is 23.8 Å². The van der Waals surface area contributed by atoms with Gasteiger partial charge in [-0.15, -0.1) is 5.10 Å². The van der Waals surface area contributed by atoms with E-state index in [4.69, 9.17) is 4.74 Å². The number of anilines is 3. The van der Waals surface area contributed by atoms with Gasteiger partial charge in [-0.2, -0.15) is 18.2 Å². The molecule has 174 valence electrons. The maximum absolute atomic E-state index is 13.5. The fourth-order valence-corrected chi connectivity index (χ4v) is 3.49. The number of ether oxygens (including phenoxy) is 1. The van der Waals surface area contributed by atoms with Crippen molar-refractivity contribution in [2.45, 2.75) is 32.5 Å². The largest absolute Gasteiger partial charge is 0.420 e. The number of halogens is 3. The lowest BCUT2D eigenvalue weighted by Gasteiger charge is -2.23. The highest BCUT2D eigenvalue weighted by molar-refractivity contribution is 5.70. The van der Waals surface area contributed by atoms with Crippen LogP contribution < -0.4 is 20.3 Å². The van der Waals surface area contributed by atoms with Gasteiger partial charge < -0.3 is 20.3 Å². The first-order chi connectivity index (χ1) is 15.7. The van der Waals surface area contributed by atoms with Crippen molar-refractivity contribution >= 4 is 23.5 Å². The number of rotatable bonds is 5. The van der Waals surface area contributed by atoms with Gasteiger partial charge >= 0.3 is 12.3 Å². The van der Waals surface area contributed by atoms with Crippen molar-refractivity contribution in [3.63, 3.8) is 0 Å². The maximum Gasteiger partial charge on any atom is 0.420 e. The molecule has 1 aliphatic rings. The van der Waals surface area contributed by atoms with Gasteiger partial charge in [-0.1, -0.05) is 0 Å². The Morgan fingerprint density at radius 3 is 2.73 bits per heavy atom. The minimum atomic E-state index is -4.76. The second-order valence-electron chi connectivity index (χ2n) is 7.57. The first kappa shape index (κ1) is 22.3. The predicted octanol–water partition coefficient (Wildman–Crippen LogP) is 3.51. The minimum Gasteiger partial charge on any atom is -0.409 e. The van der Waals surface area contributed by atoms with E-state index in [1.54, 1.807) is 6.20 Å². The number of pyridine rings is 2. The van der Waals surface area contributed by atoms with E-state index in [0.29, 0.717) is 23.6 Å². The third-order valence-electron chi connectivity index (χ3n) is 5.06. The summed E-state index contributed by atoms with van der Waals surface area (Å²) in [6, 6.07) is 2.91. The number of hydrogen-bond donors (Lipinski definition) is 3. The molecule has 0 saturated heterocycles. The lowest BCUT2D eigenvalue weighted by molar-refractivity contribution is -0.137. The quantitative estimate of drug-likeness (QED) is 0.527. The molecular formula is C20H21F3N8O2. The van der Waals surface area contributed by atoms with Crippen LogP contribution >= 0.6 is 0 Å². The zero-order chi connectivity index (χ0) is 23.8. The summed E-state index contributed by atoms with van der Waals surface area (Å²) >= 11 is 0. The second kappa shape index (κ2) is 8.56. The molecule has 1 aliphatic heterocycles. The smallest absolute Gasteiger partial charge is 0.409 e. The number of fused-ring (bicyclic) bond motifs is 1. The van der Waals surface area contributed by atoms with Gasteiger partial charge in [0.2, 0.25) is 5.95 Å². The van der Waals surface area contributed by atoms with E-state index in [1.807, 2.05) is 6.07 Å². The van der Waals surface area contributed by atoms with Crippen LogP contribution in [0.1, 0.15) is 25.0 Å². The summed E-state index contributed by atoms with van der Waals surface area (Å²) in [5, 5.41) is 11.2. The molecule has 0 unspecified atom stereocenters. The molecule has 0 spiro atoms. The fourth-order valence-electron chi connectivity index (χ4n) is 3.49. The molecule has 4 rings (SSSR count). The van der Waals surface area contributed by atoms with Gasteiger partial charge in [0.1, 0.15) is 17.1 Å². The number of alkyl halides is 3. The van der Waals surface area contributed by atoms with E-state index in [2.05, 4.69) is 54.5 Å². The molecule has 10 nitrogen and oxygen atoms in total. The zero-order valence-corrected chi connectivity index (χ0v) is 18.0.